The fraction of sp³-hybridized carbons (Fsp3) is 0.923. The number of nitrogens with one attached hydrogen (secondary N) is 1. The molecule has 2 heterocycles. The first kappa shape index (κ1) is 13.8. The van der Waals surface area contributed by atoms with Crippen LogP contribution < -0.4 is 5.32 Å². The van der Waals surface area contributed by atoms with Gasteiger partial charge in [-0.3, -0.25) is 4.79 Å². The Kier molecular flexibility index (Phi) is 4.97. The monoisotopic (exact) mass is 256 g/mol. The van der Waals surface area contributed by atoms with E-state index >= 15 is 0 Å². The van der Waals surface area contributed by atoms with Gasteiger partial charge in [0.05, 0.1) is 25.2 Å². The molecule has 18 heavy (non-hydrogen) atoms. The number of hydrogen-bond donors (Lipinski definition) is 1. The lowest BCUT2D eigenvalue weighted by atomic mass is 10.0. The van der Waals surface area contributed by atoms with E-state index in [1.165, 1.54) is 0 Å². The largest absolute Gasteiger partial charge is 0.379 e. The second-order valence-corrected chi connectivity index (χ2v) is 5.13. The summed E-state index contributed by atoms with van der Waals surface area (Å²) < 4.78 is 11.0. The molecule has 5 heteroatoms. The van der Waals surface area contributed by atoms with E-state index in [9.17, 15) is 4.79 Å². The molecule has 0 bridgehead atoms. The van der Waals surface area contributed by atoms with Crippen molar-refractivity contribution in [1.29, 1.82) is 0 Å². The van der Waals surface area contributed by atoms with Crippen LogP contribution >= 0.6 is 0 Å². The lowest BCUT2D eigenvalue weighted by Crippen LogP contribution is -2.47. The quantitative estimate of drug-likeness (QED) is 0.786. The summed E-state index contributed by atoms with van der Waals surface area (Å²) in [4.78, 5) is 14.5. The number of rotatable bonds is 3. The Balaban J connectivity index is 1.96. The maximum Gasteiger partial charge on any atom is 0.229 e. The fourth-order valence-corrected chi connectivity index (χ4v) is 2.69. The van der Waals surface area contributed by atoms with Crippen molar-refractivity contribution < 1.29 is 14.3 Å². The molecule has 2 rings (SSSR count). The van der Waals surface area contributed by atoms with Crippen molar-refractivity contribution in [2.75, 3.05) is 39.5 Å². The van der Waals surface area contributed by atoms with Crippen molar-refractivity contribution in [1.82, 2.24) is 10.2 Å². The Hall–Kier alpha value is -0.650. The Bertz CT molecular complexity index is 285. The van der Waals surface area contributed by atoms with Gasteiger partial charge in [0, 0.05) is 25.7 Å². The van der Waals surface area contributed by atoms with Crippen LogP contribution in [-0.2, 0) is 14.3 Å². The molecule has 0 spiro atoms. The standard InChI is InChI=1S/C13H24N2O3/c1-3-14-12-9-17-8-11(12)13(16)15-5-4-6-18-10(2)7-15/h10-12,14H,3-9H2,1-2H3. The highest BCUT2D eigenvalue weighted by Gasteiger charge is 2.36. The van der Waals surface area contributed by atoms with Crippen LogP contribution in [0.2, 0.25) is 0 Å². The fourth-order valence-electron chi connectivity index (χ4n) is 2.69. The molecule has 0 aromatic rings. The SMILES string of the molecule is CCNC1COCC1C(=O)N1CCCOC(C)C1. The van der Waals surface area contributed by atoms with Crippen LogP contribution in [0.1, 0.15) is 20.3 Å². The van der Waals surface area contributed by atoms with E-state index in [4.69, 9.17) is 9.47 Å². The summed E-state index contributed by atoms with van der Waals surface area (Å²) >= 11 is 0. The van der Waals surface area contributed by atoms with Gasteiger partial charge in [-0.05, 0) is 19.9 Å². The minimum Gasteiger partial charge on any atom is -0.379 e. The molecule has 1 amide bonds. The van der Waals surface area contributed by atoms with Crippen molar-refractivity contribution in [2.24, 2.45) is 5.92 Å². The summed E-state index contributed by atoms with van der Waals surface area (Å²) in [5, 5.41) is 3.34. The van der Waals surface area contributed by atoms with Crippen LogP contribution in [0.4, 0.5) is 0 Å². The van der Waals surface area contributed by atoms with E-state index in [0.717, 1.165) is 26.1 Å². The van der Waals surface area contributed by atoms with Gasteiger partial charge >= 0.3 is 0 Å². The molecule has 3 atom stereocenters. The highest BCUT2D eigenvalue weighted by atomic mass is 16.5. The summed E-state index contributed by atoms with van der Waals surface area (Å²) in [5.41, 5.74) is 0. The molecule has 0 aliphatic carbocycles. The van der Waals surface area contributed by atoms with E-state index in [0.29, 0.717) is 19.8 Å². The molecule has 1 N–H and O–H groups in total. The van der Waals surface area contributed by atoms with Gasteiger partial charge in [-0.25, -0.2) is 0 Å². The maximum absolute atomic E-state index is 12.5. The third-order valence-corrected chi connectivity index (χ3v) is 3.63. The molecule has 2 fully saturated rings. The zero-order chi connectivity index (χ0) is 13.0. The third kappa shape index (κ3) is 3.22. The number of carbonyl (C=O) groups excluding carboxylic acids is 1. The molecule has 0 radical (unpaired) electrons. The number of likely N-dealkylation sites (N-methyl/N-ethyl adjacent to an activating group) is 1. The van der Waals surface area contributed by atoms with Gasteiger partial charge in [0.15, 0.2) is 0 Å². The van der Waals surface area contributed by atoms with Gasteiger partial charge in [0.25, 0.3) is 0 Å². The first-order valence-electron chi connectivity index (χ1n) is 6.94. The van der Waals surface area contributed by atoms with Crippen molar-refractivity contribution >= 4 is 5.91 Å². The molecular weight excluding hydrogens is 232 g/mol. The first-order valence-corrected chi connectivity index (χ1v) is 6.94. The number of ether oxygens (including phenoxy) is 2. The topological polar surface area (TPSA) is 50.8 Å². The average molecular weight is 256 g/mol. The normalized spacial score (nSPS) is 33.4. The number of amides is 1. The van der Waals surface area contributed by atoms with Crippen molar-refractivity contribution in [3.05, 3.63) is 0 Å². The molecule has 0 saturated carbocycles. The lowest BCUT2D eigenvalue weighted by Gasteiger charge is -2.27. The Labute approximate surface area is 109 Å². The van der Waals surface area contributed by atoms with Gasteiger partial charge in [-0.15, -0.1) is 0 Å². The third-order valence-electron chi connectivity index (χ3n) is 3.63. The molecule has 2 aliphatic rings. The van der Waals surface area contributed by atoms with Crippen molar-refractivity contribution in [3.63, 3.8) is 0 Å². The van der Waals surface area contributed by atoms with Crippen molar-refractivity contribution in [3.8, 4) is 0 Å². The molecule has 104 valence electrons. The van der Waals surface area contributed by atoms with Crippen LogP contribution in [0.3, 0.4) is 0 Å². The smallest absolute Gasteiger partial charge is 0.229 e. The Morgan fingerprint density at radius 2 is 2.28 bits per heavy atom. The Morgan fingerprint density at radius 3 is 3.06 bits per heavy atom. The highest BCUT2D eigenvalue weighted by Crippen LogP contribution is 2.18. The first-order chi connectivity index (χ1) is 8.72. The summed E-state index contributed by atoms with van der Waals surface area (Å²) in [5.74, 6) is 0.186. The van der Waals surface area contributed by atoms with Crippen LogP contribution in [0.5, 0.6) is 0 Å². The van der Waals surface area contributed by atoms with E-state index < -0.39 is 0 Å². The summed E-state index contributed by atoms with van der Waals surface area (Å²) in [6.07, 6.45) is 1.06. The number of nitrogens with zero attached hydrogens (tertiary/aromatic N) is 1. The predicted octanol–water partition coefficient (Wildman–Crippen LogP) is 0.248. The lowest BCUT2D eigenvalue weighted by molar-refractivity contribution is -0.136. The summed E-state index contributed by atoms with van der Waals surface area (Å²) in [6.45, 7) is 8.40. The zero-order valence-electron chi connectivity index (χ0n) is 11.4. The Morgan fingerprint density at radius 1 is 1.44 bits per heavy atom. The van der Waals surface area contributed by atoms with Gasteiger partial charge in [-0.2, -0.15) is 0 Å². The van der Waals surface area contributed by atoms with Crippen LogP contribution in [0, 0.1) is 5.92 Å². The molecule has 2 saturated heterocycles. The second-order valence-electron chi connectivity index (χ2n) is 5.13. The van der Waals surface area contributed by atoms with E-state index in [1.54, 1.807) is 0 Å². The van der Waals surface area contributed by atoms with Crippen LogP contribution in [0.25, 0.3) is 0 Å². The maximum atomic E-state index is 12.5. The van der Waals surface area contributed by atoms with Crippen LogP contribution in [0.15, 0.2) is 0 Å². The van der Waals surface area contributed by atoms with Gasteiger partial charge in [-0.1, -0.05) is 6.92 Å². The van der Waals surface area contributed by atoms with E-state index in [2.05, 4.69) is 12.2 Å². The van der Waals surface area contributed by atoms with Crippen LogP contribution in [-0.4, -0.2) is 62.4 Å². The molecule has 2 aliphatic heterocycles. The van der Waals surface area contributed by atoms with Gasteiger partial charge in [0.1, 0.15) is 0 Å². The molecule has 3 unspecified atom stereocenters. The van der Waals surface area contributed by atoms with Gasteiger partial charge < -0.3 is 19.7 Å². The minimum absolute atomic E-state index is 0.0322. The summed E-state index contributed by atoms with van der Waals surface area (Å²) in [6, 6.07) is 0.168. The molecule has 0 aromatic heterocycles. The highest BCUT2D eigenvalue weighted by molar-refractivity contribution is 5.80. The second kappa shape index (κ2) is 6.50. The number of hydrogen-bond acceptors (Lipinski definition) is 4. The summed E-state index contributed by atoms with van der Waals surface area (Å²) in [7, 11) is 0. The molecule has 0 aromatic carbocycles. The van der Waals surface area contributed by atoms with Gasteiger partial charge in [0.2, 0.25) is 5.91 Å². The average Bonchev–Trinajstić information content (AvgIpc) is 2.70. The zero-order valence-corrected chi connectivity index (χ0v) is 11.4. The van der Waals surface area contributed by atoms with Crippen molar-refractivity contribution in [2.45, 2.75) is 32.4 Å². The van der Waals surface area contributed by atoms with E-state index in [1.807, 2.05) is 11.8 Å². The predicted molar refractivity (Wildman–Crippen MR) is 68.4 cm³/mol. The molecular formula is C13H24N2O3. The molecule has 5 nitrogen and oxygen atoms in total. The van der Waals surface area contributed by atoms with E-state index in [-0.39, 0.29) is 24.0 Å². The number of carbonyl (C=O) groups is 1. The minimum atomic E-state index is -0.0322.